The van der Waals surface area contributed by atoms with Crippen LogP contribution in [-0.4, -0.2) is 53.3 Å². The maximum atomic E-state index is 12.2. The zero-order valence-electron chi connectivity index (χ0n) is 12.5. The van der Waals surface area contributed by atoms with Crippen molar-refractivity contribution >= 4 is 23.8 Å². The number of fused-ring (bicyclic) bond motifs is 1. The van der Waals surface area contributed by atoms with Crippen LogP contribution in [0.1, 0.15) is 40.0 Å². The van der Waals surface area contributed by atoms with Crippen molar-refractivity contribution in [2.24, 2.45) is 0 Å². The molecule has 4 amide bonds. The van der Waals surface area contributed by atoms with Crippen LogP contribution in [0.3, 0.4) is 0 Å². The van der Waals surface area contributed by atoms with Crippen molar-refractivity contribution in [1.29, 1.82) is 0 Å². The van der Waals surface area contributed by atoms with E-state index in [9.17, 15) is 19.2 Å². The summed E-state index contributed by atoms with van der Waals surface area (Å²) in [4.78, 5) is 49.7. The molecule has 0 aliphatic carbocycles. The van der Waals surface area contributed by atoms with Crippen molar-refractivity contribution in [3.8, 4) is 0 Å². The molecule has 1 saturated heterocycles. The number of cyclic esters (lactones) is 1. The molecule has 1 aromatic carbocycles. The van der Waals surface area contributed by atoms with E-state index < -0.39 is 6.09 Å². The average molecular weight is 316 g/mol. The van der Waals surface area contributed by atoms with E-state index in [2.05, 4.69) is 0 Å². The van der Waals surface area contributed by atoms with Crippen LogP contribution in [0.2, 0.25) is 0 Å². The van der Waals surface area contributed by atoms with Crippen molar-refractivity contribution < 1.29 is 23.9 Å². The fourth-order valence-corrected chi connectivity index (χ4v) is 2.74. The zero-order chi connectivity index (χ0) is 16.4. The van der Waals surface area contributed by atoms with Gasteiger partial charge in [-0.05, 0) is 25.0 Å². The zero-order valence-corrected chi connectivity index (χ0v) is 12.5. The Kier molecular flexibility index (Phi) is 4.10. The molecule has 120 valence electrons. The molecule has 7 heteroatoms. The fraction of sp³-hybridized carbons (Fsp3) is 0.375. The molecule has 2 aliphatic rings. The number of hydrogen-bond acceptors (Lipinski definition) is 5. The molecule has 0 aromatic heterocycles. The smallest absolute Gasteiger partial charge is 0.416 e. The molecule has 23 heavy (non-hydrogen) atoms. The van der Waals surface area contributed by atoms with E-state index in [1.165, 1.54) is 4.90 Å². The Morgan fingerprint density at radius 2 is 1.70 bits per heavy atom. The van der Waals surface area contributed by atoms with Gasteiger partial charge >= 0.3 is 6.09 Å². The lowest BCUT2D eigenvalue weighted by Gasteiger charge is -2.14. The lowest BCUT2D eigenvalue weighted by molar-refractivity contribution is -0.127. The summed E-state index contributed by atoms with van der Waals surface area (Å²) >= 11 is 0. The third kappa shape index (κ3) is 2.81. The normalized spacial score (nSPS) is 16.8. The van der Waals surface area contributed by atoms with Gasteiger partial charge in [0.25, 0.3) is 11.8 Å². The van der Waals surface area contributed by atoms with E-state index in [0.717, 1.165) is 4.90 Å². The molecule has 0 spiro atoms. The largest absolute Gasteiger partial charge is 0.447 e. The summed E-state index contributed by atoms with van der Waals surface area (Å²) in [6.45, 7) is 0.791. The van der Waals surface area contributed by atoms with Crippen LogP contribution in [0.5, 0.6) is 0 Å². The number of rotatable bonds is 5. The number of amides is 4. The molecule has 0 N–H and O–H groups in total. The van der Waals surface area contributed by atoms with Gasteiger partial charge in [0.1, 0.15) is 6.61 Å². The summed E-state index contributed by atoms with van der Waals surface area (Å²) in [7, 11) is 0. The van der Waals surface area contributed by atoms with Gasteiger partial charge < -0.3 is 4.74 Å². The van der Waals surface area contributed by atoms with E-state index >= 15 is 0 Å². The first-order valence-corrected chi connectivity index (χ1v) is 7.52. The fourth-order valence-electron chi connectivity index (χ4n) is 2.74. The molecule has 0 atom stereocenters. The monoisotopic (exact) mass is 316 g/mol. The van der Waals surface area contributed by atoms with Gasteiger partial charge in [-0.25, -0.2) is 9.69 Å². The number of benzene rings is 1. The molecule has 0 saturated carbocycles. The first-order chi connectivity index (χ1) is 11.1. The number of imide groups is 2. The Hall–Kier alpha value is -2.70. The molecule has 0 radical (unpaired) electrons. The quantitative estimate of drug-likeness (QED) is 0.606. The van der Waals surface area contributed by atoms with Crippen molar-refractivity contribution in [2.75, 3.05) is 19.7 Å². The second-order valence-electron chi connectivity index (χ2n) is 5.42. The number of unbranched alkanes of at least 4 members (excludes halogenated alkanes) is 1. The average Bonchev–Trinajstić information content (AvgIpc) is 3.08. The Bertz CT molecular complexity index is 650. The van der Waals surface area contributed by atoms with Crippen molar-refractivity contribution in [2.45, 2.75) is 19.3 Å². The van der Waals surface area contributed by atoms with E-state index in [0.29, 0.717) is 24.0 Å². The Labute approximate surface area is 132 Å². The highest BCUT2D eigenvalue weighted by atomic mass is 16.6. The lowest BCUT2D eigenvalue weighted by atomic mass is 10.1. The highest BCUT2D eigenvalue weighted by molar-refractivity contribution is 6.21. The number of carbonyl (C=O) groups is 4. The minimum Gasteiger partial charge on any atom is -0.447 e. The molecule has 2 heterocycles. The van der Waals surface area contributed by atoms with Gasteiger partial charge in [0.15, 0.2) is 0 Å². The van der Waals surface area contributed by atoms with Gasteiger partial charge in [-0.1, -0.05) is 12.1 Å². The van der Waals surface area contributed by atoms with Crippen LogP contribution in [0.4, 0.5) is 4.79 Å². The first kappa shape index (κ1) is 15.2. The number of ether oxygens (including phenoxy) is 1. The maximum absolute atomic E-state index is 12.2. The summed E-state index contributed by atoms with van der Waals surface area (Å²) < 4.78 is 4.71. The minimum atomic E-state index is -0.602. The Morgan fingerprint density at radius 3 is 2.26 bits per heavy atom. The molecule has 2 aliphatic heterocycles. The van der Waals surface area contributed by atoms with Crippen LogP contribution in [-0.2, 0) is 9.53 Å². The van der Waals surface area contributed by atoms with Gasteiger partial charge in [0, 0.05) is 13.0 Å². The third-order valence-electron chi connectivity index (χ3n) is 3.96. The Balaban J connectivity index is 1.48. The summed E-state index contributed by atoms with van der Waals surface area (Å²) in [6, 6.07) is 6.72. The van der Waals surface area contributed by atoms with Crippen LogP contribution < -0.4 is 0 Å². The van der Waals surface area contributed by atoms with E-state index in [1.807, 2.05) is 0 Å². The van der Waals surface area contributed by atoms with Crippen LogP contribution in [0.25, 0.3) is 0 Å². The summed E-state index contributed by atoms with van der Waals surface area (Å²) in [5.41, 5.74) is 0.849. The molecule has 0 unspecified atom stereocenters. The van der Waals surface area contributed by atoms with Gasteiger partial charge in [-0.3, -0.25) is 19.3 Å². The van der Waals surface area contributed by atoms with Gasteiger partial charge in [0.05, 0.1) is 17.7 Å². The SMILES string of the molecule is O=C(CCCCN1C(=O)c2ccccc2C1=O)N1CCOC1=O. The summed E-state index contributed by atoms with van der Waals surface area (Å²) in [6.07, 6.45) is 0.601. The van der Waals surface area contributed by atoms with Gasteiger partial charge in [0.2, 0.25) is 5.91 Å². The molecule has 1 aromatic rings. The van der Waals surface area contributed by atoms with E-state index in [4.69, 9.17) is 4.74 Å². The van der Waals surface area contributed by atoms with Crippen LogP contribution in [0.15, 0.2) is 24.3 Å². The van der Waals surface area contributed by atoms with Gasteiger partial charge in [-0.2, -0.15) is 0 Å². The van der Waals surface area contributed by atoms with E-state index in [1.54, 1.807) is 24.3 Å². The molecule has 7 nitrogen and oxygen atoms in total. The predicted molar refractivity (Wildman–Crippen MR) is 78.7 cm³/mol. The molecule has 0 bridgehead atoms. The minimum absolute atomic E-state index is 0.193. The second kappa shape index (κ2) is 6.20. The van der Waals surface area contributed by atoms with Crippen molar-refractivity contribution in [1.82, 2.24) is 9.80 Å². The first-order valence-electron chi connectivity index (χ1n) is 7.52. The summed E-state index contributed by atoms with van der Waals surface area (Å²) in [5, 5.41) is 0. The highest BCUT2D eigenvalue weighted by Crippen LogP contribution is 2.22. The summed E-state index contributed by atoms with van der Waals surface area (Å²) in [5.74, 6) is -0.866. The molecular formula is C16H16N2O5. The number of nitrogens with zero attached hydrogens (tertiary/aromatic N) is 2. The van der Waals surface area contributed by atoms with Crippen LogP contribution >= 0.6 is 0 Å². The van der Waals surface area contributed by atoms with Crippen molar-refractivity contribution in [3.63, 3.8) is 0 Å². The molecule has 3 rings (SSSR count). The third-order valence-corrected chi connectivity index (χ3v) is 3.96. The lowest BCUT2D eigenvalue weighted by Crippen LogP contribution is -2.32. The molecular weight excluding hydrogens is 300 g/mol. The number of carbonyl (C=O) groups excluding carboxylic acids is 4. The highest BCUT2D eigenvalue weighted by Gasteiger charge is 2.34. The number of hydrogen-bond donors (Lipinski definition) is 0. The van der Waals surface area contributed by atoms with Gasteiger partial charge in [-0.15, -0.1) is 0 Å². The maximum Gasteiger partial charge on any atom is 0.416 e. The molecule has 1 fully saturated rings. The standard InChI is InChI=1S/C16H16N2O5/c19-13(17-9-10-23-16(17)22)7-3-4-8-18-14(20)11-5-1-2-6-12(11)15(18)21/h1-2,5-6H,3-4,7-10H2. The Morgan fingerprint density at radius 1 is 1.04 bits per heavy atom. The van der Waals surface area contributed by atoms with Crippen LogP contribution in [0, 0.1) is 0 Å². The van der Waals surface area contributed by atoms with E-state index in [-0.39, 0.29) is 43.8 Å². The topological polar surface area (TPSA) is 84.0 Å². The predicted octanol–water partition coefficient (Wildman–Crippen LogP) is 1.43. The second-order valence-corrected chi connectivity index (χ2v) is 5.42. The van der Waals surface area contributed by atoms with Crippen molar-refractivity contribution in [3.05, 3.63) is 35.4 Å².